The molecule has 0 bridgehead atoms. The van der Waals surface area contributed by atoms with Crippen molar-refractivity contribution in [3.8, 4) is 17.0 Å². The van der Waals surface area contributed by atoms with Crippen LogP contribution in [0.1, 0.15) is 36.4 Å². The maximum atomic E-state index is 14.4. The van der Waals surface area contributed by atoms with Crippen LogP contribution in [-0.2, 0) is 4.74 Å². The molecule has 1 saturated heterocycles. The van der Waals surface area contributed by atoms with E-state index in [4.69, 9.17) is 9.47 Å². The first kappa shape index (κ1) is 23.0. The molecule has 3 atom stereocenters. The van der Waals surface area contributed by atoms with Gasteiger partial charge < -0.3 is 14.7 Å². The van der Waals surface area contributed by atoms with Crippen LogP contribution in [0.4, 0.5) is 22.0 Å². The Morgan fingerprint density at radius 3 is 2.64 bits per heavy atom. The van der Waals surface area contributed by atoms with E-state index in [0.717, 1.165) is 32.4 Å². The van der Waals surface area contributed by atoms with Crippen LogP contribution >= 0.6 is 0 Å². The predicted molar refractivity (Wildman–Crippen MR) is 106 cm³/mol. The maximum Gasteiger partial charge on any atom is 0.417 e. The minimum Gasteiger partial charge on any atom is -0.493 e. The summed E-state index contributed by atoms with van der Waals surface area (Å²) in [4.78, 5) is 17.0. The number of rotatable bonds is 3. The van der Waals surface area contributed by atoms with Gasteiger partial charge in [-0.15, -0.1) is 0 Å². The lowest BCUT2D eigenvalue weighted by molar-refractivity contribution is -0.286. The molecule has 0 aliphatic carbocycles. The van der Waals surface area contributed by atoms with Gasteiger partial charge in [0.15, 0.2) is 22.6 Å². The third-order valence-corrected chi connectivity index (χ3v) is 6.06. The van der Waals surface area contributed by atoms with Crippen LogP contribution in [0, 0.1) is 11.6 Å². The smallest absolute Gasteiger partial charge is 0.417 e. The Hall–Kier alpha value is -3.21. The number of hydrogen-bond donors (Lipinski definition) is 1. The van der Waals surface area contributed by atoms with E-state index in [1.54, 1.807) is 0 Å². The van der Waals surface area contributed by atoms with Crippen molar-refractivity contribution in [3.05, 3.63) is 69.8 Å². The number of methoxy groups -OCH3 is 1. The third kappa shape index (κ3) is 3.90. The van der Waals surface area contributed by atoms with Gasteiger partial charge >= 0.3 is 6.18 Å². The fraction of sp³-hybridized carbons (Fsp3) is 0.364. The molecule has 0 saturated carbocycles. The highest BCUT2D eigenvalue weighted by Gasteiger charge is 2.57. The first-order valence-corrected chi connectivity index (χ1v) is 9.90. The van der Waals surface area contributed by atoms with Crippen LogP contribution in [-0.4, -0.2) is 40.4 Å². The molecule has 0 aromatic heterocycles. The van der Waals surface area contributed by atoms with Gasteiger partial charge in [0, 0.05) is 29.7 Å². The van der Waals surface area contributed by atoms with Crippen molar-refractivity contribution in [1.29, 1.82) is 0 Å². The Bertz CT molecular complexity index is 1230. The summed E-state index contributed by atoms with van der Waals surface area (Å²) in [5.74, 6) is -5.00. The van der Waals surface area contributed by atoms with E-state index >= 15 is 0 Å². The van der Waals surface area contributed by atoms with Gasteiger partial charge in [-0.3, -0.25) is 9.78 Å². The van der Waals surface area contributed by atoms with Crippen molar-refractivity contribution in [3.63, 3.8) is 0 Å². The summed E-state index contributed by atoms with van der Waals surface area (Å²) in [5, 5.41) is 9.55. The number of fused-ring (bicyclic) bond motifs is 1. The molecule has 0 radical (unpaired) electrons. The van der Waals surface area contributed by atoms with E-state index in [9.17, 15) is 32.0 Å². The molecular formula is C22H19F5N2O4. The maximum absolute atomic E-state index is 14.4. The first-order valence-electron chi connectivity index (χ1n) is 9.90. The van der Waals surface area contributed by atoms with Crippen molar-refractivity contribution in [2.24, 2.45) is 0 Å². The fourth-order valence-electron chi connectivity index (χ4n) is 4.21. The average molecular weight is 470 g/mol. The van der Waals surface area contributed by atoms with Crippen LogP contribution in [0.2, 0.25) is 0 Å². The number of alkyl halides is 3. The monoisotopic (exact) mass is 470 g/mol. The number of aromatic nitrogens is 2. The largest absolute Gasteiger partial charge is 0.493 e. The van der Waals surface area contributed by atoms with Crippen LogP contribution < -0.4 is 10.2 Å². The highest BCUT2D eigenvalue weighted by molar-refractivity contribution is 5.59. The second-order valence-electron chi connectivity index (χ2n) is 8.11. The number of hydrogen-bond acceptors (Lipinski definition) is 5. The summed E-state index contributed by atoms with van der Waals surface area (Å²) in [5.41, 5.74) is -2.63. The molecule has 176 valence electrons. The molecule has 1 fully saturated rings. The lowest BCUT2D eigenvalue weighted by Gasteiger charge is -2.43. The Kier molecular flexibility index (Phi) is 5.55. The SMILES string of the molecule is COc1c([C@@H]2C[C@](C)(C(F)(F)F)OC[C@H]2c2cc(=O)c3cn(O)ccc-3n2)ccc(F)c1F. The lowest BCUT2D eigenvalue weighted by atomic mass is 9.74. The van der Waals surface area contributed by atoms with E-state index in [1.165, 1.54) is 18.3 Å². The molecule has 1 aromatic rings. The Balaban J connectivity index is 1.89. The van der Waals surface area contributed by atoms with Gasteiger partial charge in [-0.1, -0.05) is 6.07 Å². The second kappa shape index (κ2) is 7.98. The molecule has 0 amide bonds. The number of nitrogens with zero attached hydrogens (tertiary/aromatic N) is 2. The highest BCUT2D eigenvalue weighted by Crippen LogP contribution is 2.51. The summed E-state index contributed by atoms with van der Waals surface area (Å²) in [6.45, 7) is 0.406. The van der Waals surface area contributed by atoms with Gasteiger partial charge in [-0.25, -0.2) is 9.12 Å². The predicted octanol–water partition coefficient (Wildman–Crippen LogP) is 4.48. The number of ether oxygens (including phenoxy) is 2. The molecule has 4 rings (SSSR count). The van der Waals surface area contributed by atoms with Gasteiger partial charge in [0.1, 0.15) is 0 Å². The summed E-state index contributed by atoms with van der Waals surface area (Å²) in [7, 11) is 1.09. The van der Waals surface area contributed by atoms with Crippen LogP contribution in [0.3, 0.4) is 0 Å². The van der Waals surface area contributed by atoms with Crippen molar-refractivity contribution in [1.82, 2.24) is 9.71 Å². The van der Waals surface area contributed by atoms with Crippen molar-refractivity contribution >= 4 is 0 Å². The Labute approximate surface area is 184 Å². The third-order valence-electron chi connectivity index (χ3n) is 6.06. The quantitative estimate of drug-likeness (QED) is 0.452. The summed E-state index contributed by atoms with van der Waals surface area (Å²) < 4.78 is 80.5. The Morgan fingerprint density at radius 1 is 1.24 bits per heavy atom. The molecule has 11 heteroatoms. The second-order valence-corrected chi connectivity index (χ2v) is 8.11. The molecular weight excluding hydrogens is 451 g/mol. The van der Waals surface area contributed by atoms with E-state index in [0.29, 0.717) is 4.73 Å². The normalized spacial score (nSPS) is 23.6. The minimum atomic E-state index is -4.74. The molecule has 1 aromatic carbocycles. The lowest BCUT2D eigenvalue weighted by Crippen LogP contribution is -2.51. The van der Waals surface area contributed by atoms with Crippen LogP contribution in [0.5, 0.6) is 5.75 Å². The zero-order chi connectivity index (χ0) is 24.1. The zero-order valence-corrected chi connectivity index (χ0v) is 17.5. The minimum absolute atomic E-state index is 0.00998. The fourth-order valence-corrected chi connectivity index (χ4v) is 4.21. The van der Waals surface area contributed by atoms with Gasteiger partial charge in [0.05, 0.1) is 36.9 Å². The van der Waals surface area contributed by atoms with E-state index in [-0.39, 0.29) is 22.5 Å². The molecule has 3 aliphatic heterocycles. The zero-order valence-electron chi connectivity index (χ0n) is 17.5. The van der Waals surface area contributed by atoms with Gasteiger partial charge in [-0.05, 0) is 25.5 Å². The number of benzene rings is 1. The number of halogens is 5. The first-order chi connectivity index (χ1) is 15.4. The molecule has 0 spiro atoms. The summed E-state index contributed by atoms with van der Waals surface area (Å²) in [6.07, 6.45) is -2.98. The Morgan fingerprint density at radius 2 is 1.97 bits per heavy atom. The van der Waals surface area contributed by atoms with Gasteiger partial charge in [-0.2, -0.15) is 17.6 Å². The van der Waals surface area contributed by atoms with Crippen molar-refractivity contribution < 1.29 is 36.6 Å². The van der Waals surface area contributed by atoms with E-state index in [1.807, 2.05) is 0 Å². The van der Waals surface area contributed by atoms with Crippen molar-refractivity contribution in [2.75, 3.05) is 13.7 Å². The molecule has 6 nitrogen and oxygen atoms in total. The molecule has 0 unspecified atom stereocenters. The molecule has 3 heterocycles. The summed E-state index contributed by atoms with van der Waals surface area (Å²) >= 11 is 0. The van der Waals surface area contributed by atoms with Crippen molar-refractivity contribution in [2.45, 2.75) is 37.0 Å². The standard InChI is InChI=1S/C22H19F5N2O4/c1-21(22(25,26)27)8-12(11-3-4-15(23)19(24)20(11)32-2)14(10-33-21)17-7-18(30)13-9-29(31)6-5-16(13)28-17/h3-7,9,12,14,31H,8,10H2,1-2H3/t12-,14+,21+/m0/s1. The molecule has 1 N–H and O–H groups in total. The van der Waals surface area contributed by atoms with Gasteiger partial charge in [0.2, 0.25) is 5.82 Å². The topological polar surface area (TPSA) is 73.6 Å². The summed E-state index contributed by atoms with van der Waals surface area (Å²) in [6, 6.07) is 4.51. The van der Waals surface area contributed by atoms with Crippen LogP contribution in [0.15, 0.2) is 41.5 Å². The van der Waals surface area contributed by atoms with E-state index < -0.39 is 59.5 Å². The molecule has 3 aliphatic rings. The highest BCUT2D eigenvalue weighted by atomic mass is 19.4. The number of pyridine rings is 2. The van der Waals surface area contributed by atoms with E-state index in [2.05, 4.69) is 4.98 Å². The van der Waals surface area contributed by atoms with Crippen LogP contribution in [0.25, 0.3) is 11.3 Å². The molecule has 33 heavy (non-hydrogen) atoms. The average Bonchev–Trinajstić information content (AvgIpc) is 2.75. The van der Waals surface area contributed by atoms with Gasteiger partial charge in [0.25, 0.3) is 0 Å².